The predicted octanol–water partition coefficient (Wildman–Crippen LogP) is 3.38. The van der Waals surface area contributed by atoms with Crippen LogP contribution in [0.4, 0.5) is 0 Å². The lowest BCUT2D eigenvalue weighted by molar-refractivity contribution is -0.124. The van der Waals surface area contributed by atoms with Crippen molar-refractivity contribution in [3.63, 3.8) is 0 Å². The van der Waals surface area contributed by atoms with Crippen molar-refractivity contribution in [3.8, 4) is 21.8 Å². The number of carbonyl (C=O) groups excluding carboxylic acids is 1. The Bertz CT molecular complexity index is 853. The van der Waals surface area contributed by atoms with Crippen molar-refractivity contribution in [1.82, 2.24) is 25.1 Å². The molecule has 134 valence electrons. The van der Waals surface area contributed by atoms with Crippen LogP contribution < -0.4 is 5.32 Å². The smallest absolute Gasteiger partial charge is 0.223 e. The summed E-state index contributed by atoms with van der Waals surface area (Å²) in [5.74, 6) is 0.376. The SMILES string of the molecule is O=C(NCCn1ncc(-c2cnccn2)c1-c1cccs1)C1CCCC1. The second kappa shape index (κ2) is 7.78. The Morgan fingerprint density at radius 1 is 1.27 bits per heavy atom. The Balaban J connectivity index is 1.52. The molecule has 1 fully saturated rings. The summed E-state index contributed by atoms with van der Waals surface area (Å²) < 4.78 is 1.95. The Kier molecular flexibility index (Phi) is 5.06. The van der Waals surface area contributed by atoms with Gasteiger partial charge in [0.05, 0.1) is 35.2 Å². The van der Waals surface area contributed by atoms with Crippen LogP contribution in [0.5, 0.6) is 0 Å². The van der Waals surface area contributed by atoms with Gasteiger partial charge in [0.1, 0.15) is 0 Å². The summed E-state index contributed by atoms with van der Waals surface area (Å²) in [4.78, 5) is 21.9. The molecule has 0 radical (unpaired) electrons. The molecule has 0 unspecified atom stereocenters. The third kappa shape index (κ3) is 3.53. The van der Waals surface area contributed by atoms with Crippen molar-refractivity contribution in [3.05, 3.63) is 42.3 Å². The van der Waals surface area contributed by atoms with Crippen LogP contribution in [0.1, 0.15) is 25.7 Å². The van der Waals surface area contributed by atoms with E-state index in [9.17, 15) is 4.79 Å². The standard InChI is InChI=1S/C19H21N5OS/c25-19(14-4-1-2-5-14)22-9-10-24-18(17-6-3-11-26-17)15(12-23-24)16-13-20-7-8-21-16/h3,6-8,11-14H,1-2,4-5,9-10H2,(H,22,25). The molecule has 0 saturated heterocycles. The molecule has 3 aromatic rings. The maximum atomic E-state index is 12.2. The van der Waals surface area contributed by atoms with Crippen LogP contribution in [0.2, 0.25) is 0 Å². The highest BCUT2D eigenvalue weighted by Gasteiger charge is 2.22. The fraction of sp³-hybridized carbons (Fsp3) is 0.368. The zero-order valence-electron chi connectivity index (χ0n) is 14.5. The van der Waals surface area contributed by atoms with Gasteiger partial charge in [0.2, 0.25) is 5.91 Å². The minimum absolute atomic E-state index is 0.182. The summed E-state index contributed by atoms with van der Waals surface area (Å²) in [5, 5.41) is 9.67. The summed E-state index contributed by atoms with van der Waals surface area (Å²) in [6, 6.07) is 4.11. The maximum Gasteiger partial charge on any atom is 0.223 e. The highest BCUT2D eigenvalue weighted by Crippen LogP contribution is 2.33. The monoisotopic (exact) mass is 367 g/mol. The third-order valence-electron chi connectivity index (χ3n) is 4.78. The first-order chi connectivity index (χ1) is 12.8. The molecule has 1 N–H and O–H groups in total. The molecular formula is C19H21N5OS. The first-order valence-corrected chi connectivity index (χ1v) is 9.84. The number of carbonyl (C=O) groups is 1. The molecule has 1 aliphatic carbocycles. The van der Waals surface area contributed by atoms with E-state index in [0.29, 0.717) is 13.1 Å². The number of hydrogen-bond acceptors (Lipinski definition) is 5. The first-order valence-electron chi connectivity index (χ1n) is 8.96. The van der Waals surface area contributed by atoms with Gasteiger partial charge in [0, 0.05) is 30.4 Å². The van der Waals surface area contributed by atoms with E-state index in [4.69, 9.17) is 0 Å². The Morgan fingerprint density at radius 3 is 2.88 bits per heavy atom. The Hall–Kier alpha value is -2.54. The van der Waals surface area contributed by atoms with E-state index in [1.807, 2.05) is 16.9 Å². The van der Waals surface area contributed by atoms with Gasteiger partial charge in [-0.05, 0) is 24.3 Å². The van der Waals surface area contributed by atoms with Crippen molar-refractivity contribution in [2.75, 3.05) is 6.54 Å². The van der Waals surface area contributed by atoms with Crippen molar-refractivity contribution >= 4 is 17.2 Å². The summed E-state index contributed by atoms with van der Waals surface area (Å²) in [6.07, 6.45) is 11.3. The van der Waals surface area contributed by atoms with Crippen LogP contribution in [0.25, 0.3) is 21.8 Å². The lowest BCUT2D eigenvalue weighted by atomic mass is 10.1. The first kappa shape index (κ1) is 16.9. The lowest BCUT2D eigenvalue weighted by Crippen LogP contribution is -2.32. The molecule has 1 saturated carbocycles. The summed E-state index contributed by atoms with van der Waals surface area (Å²) in [7, 11) is 0. The van der Waals surface area contributed by atoms with E-state index in [1.165, 1.54) is 12.8 Å². The molecule has 1 amide bonds. The van der Waals surface area contributed by atoms with Crippen molar-refractivity contribution < 1.29 is 4.79 Å². The molecule has 6 nitrogen and oxygen atoms in total. The van der Waals surface area contributed by atoms with Crippen LogP contribution in [0.3, 0.4) is 0 Å². The fourth-order valence-corrected chi connectivity index (χ4v) is 4.26. The molecule has 3 heterocycles. The zero-order chi connectivity index (χ0) is 17.8. The van der Waals surface area contributed by atoms with E-state index in [-0.39, 0.29) is 11.8 Å². The lowest BCUT2D eigenvalue weighted by Gasteiger charge is -2.12. The average Bonchev–Trinajstić information content (AvgIpc) is 3.42. The van der Waals surface area contributed by atoms with Gasteiger partial charge in [0.15, 0.2) is 0 Å². The topological polar surface area (TPSA) is 72.7 Å². The van der Waals surface area contributed by atoms with E-state index >= 15 is 0 Å². The van der Waals surface area contributed by atoms with Gasteiger partial charge in [-0.3, -0.25) is 19.4 Å². The van der Waals surface area contributed by atoms with Crippen LogP contribution in [-0.4, -0.2) is 32.2 Å². The minimum atomic E-state index is 0.182. The third-order valence-corrected chi connectivity index (χ3v) is 5.66. The summed E-state index contributed by atoms with van der Waals surface area (Å²) >= 11 is 1.67. The Morgan fingerprint density at radius 2 is 2.15 bits per heavy atom. The highest BCUT2D eigenvalue weighted by atomic mass is 32.1. The van der Waals surface area contributed by atoms with Gasteiger partial charge < -0.3 is 5.32 Å². The van der Waals surface area contributed by atoms with Gasteiger partial charge in [0.25, 0.3) is 0 Å². The molecular weight excluding hydrogens is 346 g/mol. The number of hydrogen-bond donors (Lipinski definition) is 1. The van der Waals surface area contributed by atoms with E-state index in [1.54, 1.807) is 29.9 Å². The van der Waals surface area contributed by atoms with E-state index in [0.717, 1.165) is 34.7 Å². The van der Waals surface area contributed by atoms with Gasteiger partial charge >= 0.3 is 0 Å². The molecule has 7 heteroatoms. The number of rotatable bonds is 6. The molecule has 0 aliphatic heterocycles. The fourth-order valence-electron chi connectivity index (χ4n) is 3.47. The normalized spacial score (nSPS) is 14.6. The van der Waals surface area contributed by atoms with E-state index in [2.05, 4.69) is 31.8 Å². The molecule has 4 rings (SSSR count). The second-order valence-electron chi connectivity index (χ2n) is 6.47. The molecule has 0 atom stereocenters. The number of aromatic nitrogens is 4. The van der Waals surface area contributed by atoms with Crippen LogP contribution in [-0.2, 0) is 11.3 Å². The van der Waals surface area contributed by atoms with Crippen molar-refractivity contribution in [1.29, 1.82) is 0 Å². The minimum Gasteiger partial charge on any atom is -0.354 e. The zero-order valence-corrected chi connectivity index (χ0v) is 15.3. The molecule has 26 heavy (non-hydrogen) atoms. The number of nitrogens with one attached hydrogen (secondary N) is 1. The van der Waals surface area contributed by atoms with Crippen LogP contribution in [0.15, 0.2) is 42.3 Å². The second-order valence-corrected chi connectivity index (χ2v) is 7.42. The average molecular weight is 367 g/mol. The van der Waals surface area contributed by atoms with Crippen molar-refractivity contribution in [2.45, 2.75) is 32.2 Å². The van der Waals surface area contributed by atoms with Gasteiger partial charge in [-0.15, -0.1) is 11.3 Å². The summed E-state index contributed by atoms with van der Waals surface area (Å²) in [5.41, 5.74) is 2.79. The molecule has 0 bridgehead atoms. The van der Waals surface area contributed by atoms with Crippen molar-refractivity contribution in [2.24, 2.45) is 5.92 Å². The number of amides is 1. The predicted molar refractivity (Wildman–Crippen MR) is 102 cm³/mol. The maximum absolute atomic E-state index is 12.2. The molecule has 1 aliphatic rings. The Labute approximate surface area is 156 Å². The molecule has 3 aromatic heterocycles. The number of nitrogens with zero attached hydrogens (tertiary/aromatic N) is 4. The quantitative estimate of drug-likeness (QED) is 0.725. The largest absolute Gasteiger partial charge is 0.354 e. The summed E-state index contributed by atoms with van der Waals surface area (Å²) in [6.45, 7) is 1.21. The van der Waals surface area contributed by atoms with Gasteiger partial charge in [-0.1, -0.05) is 18.9 Å². The van der Waals surface area contributed by atoms with Crippen LogP contribution in [0, 0.1) is 5.92 Å². The van der Waals surface area contributed by atoms with E-state index < -0.39 is 0 Å². The molecule has 0 spiro atoms. The highest BCUT2D eigenvalue weighted by molar-refractivity contribution is 7.13. The molecule has 0 aromatic carbocycles. The van der Waals surface area contributed by atoms with Crippen LogP contribution >= 0.6 is 11.3 Å². The van der Waals surface area contributed by atoms with Gasteiger partial charge in [-0.2, -0.15) is 5.10 Å². The van der Waals surface area contributed by atoms with Gasteiger partial charge in [-0.25, -0.2) is 0 Å². The number of thiophene rings is 1.